The number of hydrogen-bond acceptors (Lipinski definition) is 5. The molecule has 0 bridgehead atoms. The van der Waals surface area contributed by atoms with Crippen LogP contribution in [0.15, 0.2) is 48.7 Å². The number of ketones is 1. The normalized spacial score (nSPS) is 13.8. The summed E-state index contributed by atoms with van der Waals surface area (Å²) < 4.78 is 10.6. The average Bonchev–Trinajstić information content (AvgIpc) is 3.26. The minimum atomic E-state index is -0.0308. The molecular formula is C22H22N2O3. The van der Waals surface area contributed by atoms with Crippen LogP contribution < -0.4 is 14.4 Å². The van der Waals surface area contributed by atoms with Crippen molar-refractivity contribution >= 4 is 22.4 Å². The second-order valence-corrected chi connectivity index (χ2v) is 6.66. The fraction of sp³-hybridized carbons (Fsp3) is 0.273. The molecule has 27 heavy (non-hydrogen) atoms. The summed E-state index contributed by atoms with van der Waals surface area (Å²) in [6.45, 7) is 1.89. The smallest absolute Gasteiger partial charge is 0.196 e. The fourth-order valence-corrected chi connectivity index (χ4v) is 3.63. The van der Waals surface area contributed by atoms with Crippen molar-refractivity contribution in [3.8, 4) is 11.5 Å². The molecule has 0 N–H and O–H groups in total. The molecule has 0 radical (unpaired) electrons. The quantitative estimate of drug-likeness (QED) is 0.640. The maximum atomic E-state index is 13.3. The molecule has 0 spiro atoms. The summed E-state index contributed by atoms with van der Waals surface area (Å²) >= 11 is 0. The van der Waals surface area contributed by atoms with Crippen LogP contribution in [-0.2, 0) is 0 Å². The maximum absolute atomic E-state index is 13.3. The van der Waals surface area contributed by atoms with E-state index in [1.807, 2.05) is 18.2 Å². The number of benzene rings is 2. The van der Waals surface area contributed by atoms with Crippen molar-refractivity contribution in [2.24, 2.45) is 0 Å². The van der Waals surface area contributed by atoms with Gasteiger partial charge in [0.25, 0.3) is 0 Å². The highest BCUT2D eigenvalue weighted by Crippen LogP contribution is 2.35. The van der Waals surface area contributed by atoms with E-state index in [2.05, 4.69) is 9.88 Å². The Kier molecular flexibility index (Phi) is 4.67. The van der Waals surface area contributed by atoms with E-state index >= 15 is 0 Å². The highest BCUT2D eigenvalue weighted by atomic mass is 16.5. The molecule has 2 aromatic carbocycles. The number of carbonyl (C=O) groups excluding carboxylic acids is 1. The van der Waals surface area contributed by atoms with Crippen LogP contribution in [0.4, 0.5) is 5.69 Å². The highest BCUT2D eigenvalue weighted by Gasteiger charge is 2.24. The van der Waals surface area contributed by atoms with E-state index in [0.29, 0.717) is 11.1 Å². The number of rotatable bonds is 5. The lowest BCUT2D eigenvalue weighted by atomic mass is 9.99. The van der Waals surface area contributed by atoms with Crippen molar-refractivity contribution in [1.29, 1.82) is 0 Å². The van der Waals surface area contributed by atoms with Crippen LogP contribution in [0.5, 0.6) is 11.5 Å². The SMILES string of the molecule is COc1ccc(C(=O)c2cnc3ccc(OC)cc3c2N2CCCC2)cc1. The Morgan fingerprint density at radius 2 is 1.63 bits per heavy atom. The van der Waals surface area contributed by atoms with Gasteiger partial charge in [-0.2, -0.15) is 0 Å². The van der Waals surface area contributed by atoms with E-state index in [-0.39, 0.29) is 5.78 Å². The first-order valence-electron chi connectivity index (χ1n) is 9.11. The van der Waals surface area contributed by atoms with E-state index < -0.39 is 0 Å². The molecule has 5 heteroatoms. The Bertz CT molecular complexity index is 977. The molecule has 1 aliphatic rings. The molecule has 0 aliphatic carbocycles. The third-order valence-electron chi connectivity index (χ3n) is 5.07. The summed E-state index contributed by atoms with van der Waals surface area (Å²) in [6, 6.07) is 13.0. The fourth-order valence-electron chi connectivity index (χ4n) is 3.63. The van der Waals surface area contributed by atoms with Crippen molar-refractivity contribution in [1.82, 2.24) is 4.98 Å². The molecular weight excluding hydrogens is 340 g/mol. The van der Waals surface area contributed by atoms with Crippen molar-refractivity contribution < 1.29 is 14.3 Å². The molecule has 0 saturated carbocycles. The number of carbonyl (C=O) groups is 1. The first-order chi connectivity index (χ1) is 13.2. The minimum absolute atomic E-state index is 0.0308. The van der Waals surface area contributed by atoms with Crippen molar-refractivity contribution in [3.05, 3.63) is 59.8 Å². The standard InChI is InChI=1S/C22H22N2O3/c1-26-16-7-5-15(6-8-16)22(25)19-14-23-20-10-9-17(27-2)13-18(20)21(19)24-11-3-4-12-24/h5-10,13-14H,3-4,11-12H2,1-2H3. The van der Waals surface area contributed by atoms with E-state index in [1.165, 1.54) is 0 Å². The Balaban J connectivity index is 1.87. The van der Waals surface area contributed by atoms with Gasteiger partial charge in [0, 0.05) is 30.2 Å². The van der Waals surface area contributed by atoms with Crippen LogP contribution in [0.2, 0.25) is 0 Å². The number of pyridine rings is 1. The minimum Gasteiger partial charge on any atom is -0.497 e. The van der Waals surface area contributed by atoms with Gasteiger partial charge in [-0.3, -0.25) is 9.78 Å². The zero-order chi connectivity index (χ0) is 18.8. The predicted molar refractivity (Wildman–Crippen MR) is 106 cm³/mol. The molecule has 1 fully saturated rings. The zero-order valence-electron chi connectivity index (χ0n) is 15.6. The summed E-state index contributed by atoms with van der Waals surface area (Å²) in [5.74, 6) is 1.46. The third-order valence-corrected chi connectivity index (χ3v) is 5.07. The van der Waals surface area contributed by atoms with Crippen LogP contribution in [0.1, 0.15) is 28.8 Å². The lowest BCUT2D eigenvalue weighted by Gasteiger charge is -2.23. The first kappa shape index (κ1) is 17.3. The highest BCUT2D eigenvalue weighted by molar-refractivity contribution is 6.16. The van der Waals surface area contributed by atoms with Crippen LogP contribution in [0, 0.1) is 0 Å². The second kappa shape index (κ2) is 7.27. The summed E-state index contributed by atoms with van der Waals surface area (Å²) in [6.07, 6.45) is 3.96. The summed E-state index contributed by atoms with van der Waals surface area (Å²) in [5, 5.41) is 0.954. The molecule has 1 saturated heterocycles. The number of hydrogen-bond donors (Lipinski definition) is 0. The third kappa shape index (κ3) is 3.21. The van der Waals surface area contributed by atoms with Gasteiger partial charge in [-0.25, -0.2) is 0 Å². The number of methoxy groups -OCH3 is 2. The van der Waals surface area contributed by atoms with Crippen molar-refractivity contribution in [2.45, 2.75) is 12.8 Å². The monoisotopic (exact) mass is 362 g/mol. The van der Waals surface area contributed by atoms with E-state index in [1.54, 1.807) is 44.7 Å². The first-order valence-corrected chi connectivity index (χ1v) is 9.11. The van der Waals surface area contributed by atoms with Crippen molar-refractivity contribution in [2.75, 3.05) is 32.2 Å². The van der Waals surface area contributed by atoms with Gasteiger partial charge in [0.1, 0.15) is 11.5 Å². The lowest BCUT2D eigenvalue weighted by molar-refractivity contribution is 0.103. The van der Waals surface area contributed by atoms with E-state index in [0.717, 1.165) is 54.0 Å². The Morgan fingerprint density at radius 1 is 0.963 bits per heavy atom. The summed E-state index contributed by atoms with van der Waals surface area (Å²) in [4.78, 5) is 20.1. The van der Waals surface area contributed by atoms with Gasteiger partial charge >= 0.3 is 0 Å². The molecule has 0 atom stereocenters. The predicted octanol–water partition coefficient (Wildman–Crippen LogP) is 4.08. The number of ether oxygens (including phenoxy) is 2. The molecule has 0 unspecified atom stereocenters. The van der Waals surface area contributed by atoms with Gasteiger partial charge in [-0.1, -0.05) is 0 Å². The molecule has 5 nitrogen and oxygen atoms in total. The lowest BCUT2D eigenvalue weighted by Crippen LogP contribution is -2.21. The Morgan fingerprint density at radius 3 is 2.30 bits per heavy atom. The van der Waals surface area contributed by atoms with Gasteiger partial charge < -0.3 is 14.4 Å². The van der Waals surface area contributed by atoms with Crippen LogP contribution in [-0.4, -0.2) is 38.1 Å². The number of anilines is 1. The molecule has 1 aliphatic heterocycles. The number of fused-ring (bicyclic) bond motifs is 1. The molecule has 3 aromatic rings. The van der Waals surface area contributed by atoms with E-state index in [4.69, 9.17) is 9.47 Å². The largest absolute Gasteiger partial charge is 0.497 e. The van der Waals surface area contributed by atoms with E-state index in [9.17, 15) is 4.79 Å². The summed E-state index contributed by atoms with van der Waals surface area (Å²) in [7, 11) is 3.26. The topological polar surface area (TPSA) is 51.7 Å². The van der Waals surface area contributed by atoms with Crippen LogP contribution in [0.25, 0.3) is 10.9 Å². The van der Waals surface area contributed by atoms with Crippen LogP contribution >= 0.6 is 0 Å². The molecule has 0 amide bonds. The number of nitrogens with zero attached hydrogens (tertiary/aromatic N) is 2. The molecule has 138 valence electrons. The Hall–Kier alpha value is -3.08. The second-order valence-electron chi connectivity index (χ2n) is 6.66. The van der Waals surface area contributed by atoms with Gasteiger partial charge in [0.05, 0.1) is 31.0 Å². The average molecular weight is 362 g/mol. The van der Waals surface area contributed by atoms with Gasteiger partial charge in [-0.05, 0) is 55.3 Å². The molecule has 1 aromatic heterocycles. The maximum Gasteiger partial charge on any atom is 0.196 e. The van der Waals surface area contributed by atoms with Gasteiger partial charge in [0.2, 0.25) is 0 Å². The Labute approximate surface area is 158 Å². The van der Waals surface area contributed by atoms with Crippen LogP contribution in [0.3, 0.4) is 0 Å². The summed E-state index contributed by atoms with van der Waals surface area (Å²) in [5.41, 5.74) is 3.07. The zero-order valence-corrected chi connectivity index (χ0v) is 15.6. The van der Waals surface area contributed by atoms with Gasteiger partial charge in [-0.15, -0.1) is 0 Å². The van der Waals surface area contributed by atoms with Gasteiger partial charge in [0.15, 0.2) is 5.78 Å². The number of aromatic nitrogens is 1. The molecule has 4 rings (SSSR count). The van der Waals surface area contributed by atoms with Crippen molar-refractivity contribution in [3.63, 3.8) is 0 Å². The molecule has 2 heterocycles.